The molecule has 0 saturated heterocycles. The standard InChI is InChI=1S/C16H17BrN2O/c1-3-4-8-11-19-16(17)15(13(2)18-19)20-12-14-9-6-5-7-10-14/h5-7,9-10H,8,11-12H2,1-2H3. The summed E-state index contributed by atoms with van der Waals surface area (Å²) in [4.78, 5) is 0. The molecule has 2 aromatic rings. The first-order valence-electron chi connectivity index (χ1n) is 6.51. The van der Waals surface area contributed by atoms with Gasteiger partial charge in [0.05, 0.1) is 6.54 Å². The molecule has 20 heavy (non-hydrogen) atoms. The minimum absolute atomic E-state index is 0.542. The molecule has 1 aromatic carbocycles. The second kappa shape index (κ2) is 7.16. The molecule has 0 N–H and O–H groups in total. The van der Waals surface area contributed by atoms with Gasteiger partial charge in [0, 0.05) is 6.42 Å². The lowest BCUT2D eigenvalue weighted by Gasteiger charge is -2.06. The smallest absolute Gasteiger partial charge is 0.175 e. The van der Waals surface area contributed by atoms with Crippen LogP contribution in [0.5, 0.6) is 5.75 Å². The molecule has 104 valence electrons. The Labute approximate surface area is 128 Å². The molecule has 0 aliphatic heterocycles. The van der Waals surface area contributed by atoms with Crippen LogP contribution in [0.2, 0.25) is 0 Å². The van der Waals surface area contributed by atoms with Gasteiger partial charge < -0.3 is 4.74 Å². The number of aryl methyl sites for hydroxylation is 2. The van der Waals surface area contributed by atoms with Crippen LogP contribution in [-0.4, -0.2) is 9.78 Å². The van der Waals surface area contributed by atoms with Crippen LogP contribution in [0.3, 0.4) is 0 Å². The van der Waals surface area contributed by atoms with Crippen LogP contribution in [-0.2, 0) is 13.2 Å². The van der Waals surface area contributed by atoms with Crippen LogP contribution in [0.25, 0.3) is 0 Å². The van der Waals surface area contributed by atoms with Crippen molar-refractivity contribution in [3.63, 3.8) is 0 Å². The summed E-state index contributed by atoms with van der Waals surface area (Å²) >= 11 is 3.56. The van der Waals surface area contributed by atoms with Gasteiger partial charge in [0.1, 0.15) is 16.9 Å². The third-order valence-electron chi connectivity index (χ3n) is 2.86. The van der Waals surface area contributed by atoms with Crippen molar-refractivity contribution in [3.05, 3.63) is 46.2 Å². The average Bonchev–Trinajstić information content (AvgIpc) is 2.73. The minimum atomic E-state index is 0.542. The highest BCUT2D eigenvalue weighted by Gasteiger charge is 2.14. The lowest BCUT2D eigenvalue weighted by atomic mass is 10.2. The first kappa shape index (κ1) is 14.7. The Morgan fingerprint density at radius 1 is 1.30 bits per heavy atom. The Hall–Kier alpha value is -1.73. The molecular formula is C16H17BrN2O. The molecule has 0 radical (unpaired) electrons. The van der Waals surface area contributed by atoms with E-state index in [-0.39, 0.29) is 0 Å². The summed E-state index contributed by atoms with van der Waals surface area (Å²) in [5.41, 5.74) is 2.03. The summed E-state index contributed by atoms with van der Waals surface area (Å²) in [5.74, 6) is 6.73. The van der Waals surface area contributed by atoms with Gasteiger partial charge in [-0.05, 0) is 35.3 Å². The average molecular weight is 333 g/mol. The summed E-state index contributed by atoms with van der Waals surface area (Å²) in [6.07, 6.45) is 0.786. The van der Waals surface area contributed by atoms with Crippen molar-refractivity contribution in [2.75, 3.05) is 0 Å². The number of hydrogen-bond donors (Lipinski definition) is 0. The Balaban J connectivity index is 2.05. The highest BCUT2D eigenvalue weighted by Crippen LogP contribution is 2.29. The zero-order chi connectivity index (χ0) is 14.4. The summed E-state index contributed by atoms with van der Waals surface area (Å²) in [7, 11) is 0. The van der Waals surface area contributed by atoms with Crippen LogP contribution < -0.4 is 4.74 Å². The lowest BCUT2D eigenvalue weighted by Crippen LogP contribution is -2.00. The van der Waals surface area contributed by atoms with Crippen LogP contribution in [0, 0.1) is 18.8 Å². The predicted octanol–water partition coefficient (Wildman–Crippen LogP) is 3.95. The number of rotatable bonds is 5. The number of aromatic nitrogens is 2. The molecule has 0 spiro atoms. The van der Waals surface area contributed by atoms with E-state index in [4.69, 9.17) is 4.74 Å². The molecule has 1 heterocycles. The van der Waals surface area contributed by atoms with Gasteiger partial charge >= 0.3 is 0 Å². The molecular weight excluding hydrogens is 316 g/mol. The third kappa shape index (κ3) is 3.64. The topological polar surface area (TPSA) is 27.1 Å². The minimum Gasteiger partial charge on any atom is -0.484 e. The molecule has 0 aliphatic rings. The zero-order valence-electron chi connectivity index (χ0n) is 11.7. The molecule has 0 fully saturated rings. The second-order valence-corrected chi connectivity index (χ2v) is 5.13. The molecule has 2 rings (SSSR count). The summed E-state index contributed by atoms with van der Waals surface area (Å²) in [6.45, 7) is 5.10. The van der Waals surface area contributed by atoms with E-state index in [1.54, 1.807) is 0 Å². The van der Waals surface area contributed by atoms with Crippen molar-refractivity contribution in [2.24, 2.45) is 0 Å². The van der Waals surface area contributed by atoms with Gasteiger partial charge in [-0.15, -0.1) is 11.8 Å². The predicted molar refractivity (Wildman–Crippen MR) is 83.5 cm³/mol. The van der Waals surface area contributed by atoms with Gasteiger partial charge in [0.15, 0.2) is 5.75 Å². The SMILES string of the molecule is CC#CCCn1nc(C)c(OCc2ccccc2)c1Br. The van der Waals surface area contributed by atoms with Crippen molar-refractivity contribution in [1.29, 1.82) is 0 Å². The van der Waals surface area contributed by atoms with Crippen molar-refractivity contribution in [1.82, 2.24) is 9.78 Å². The Morgan fingerprint density at radius 3 is 2.75 bits per heavy atom. The van der Waals surface area contributed by atoms with Crippen molar-refractivity contribution < 1.29 is 4.74 Å². The van der Waals surface area contributed by atoms with E-state index < -0.39 is 0 Å². The van der Waals surface area contributed by atoms with E-state index in [2.05, 4.69) is 32.9 Å². The van der Waals surface area contributed by atoms with Crippen molar-refractivity contribution in [2.45, 2.75) is 33.4 Å². The van der Waals surface area contributed by atoms with Crippen molar-refractivity contribution in [3.8, 4) is 17.6 Å². The monoisotopic (exact) mass is 332 g/mol. The van der Waals surface area contributed by atoms with E-state index in [1.807, 2.05) is 48.9 Å². The Kier molecular flexibility index (Phi) is 5.25. The molecule has 0 bridgehead atoms. The van der Waals surface area contributed by atoms with Gasteiger partial charge in [-0.3, -0.25) is 4.68 Å². The molecule has 0 saturated carbocycles. The van der Waals surface area contributed by atoms with E-state index >= 15 is 0 Å². The summed E-state index contributed by atoms with van der Waals surface area (Å²) in [6, 6.07) is 10.1. The first-order valence-corrected chi connectivity index (χ1v) is 7.31. The molecule has 0 aliphatic carbocycles. The lowest BCUT2D eigenvalue weighted by molar-refractivity contribution is 0.301. The molecule has 3 nitrogen and oxygen atoms in total. The number of nitrogens with zero attached hydrogens (tertiary/aromatic N) is 2. The number of halogens is 1. The summed E-state index contributed by atoms with van der Waals surface area (Å²) < 4.78 is 8.64. The zero-order valence-corrected chi connectivity index (χ0v) is 13.3. The highest BCUT2D eigenvalue weighted by molar-refractivity contribution is 9.10. The Morgan fingerprint density at radius 2 is 2.05 bits per heavy atom. The quantitative estimate of drug-likeness (QED) is 0.775. The third-order valence-corrected chi connectivity index (χ3v) is 3.63. The van der Waals surface area contributed by atoms with E-state index in [9.17, 15) is 0 Å². The number of ether oxygens (including phenoxy) is 1. The molecule has 0 atom stereocenters. The highest BCUT2D eigenvalue weighted by atomic mass is 79.9. The normalized spacial score (nSPS) is 9.95. The number of benzene rings is 1. The van der Waals surface area contributed by atoms with Gasteiger partial charge in [-0.25, -0.2) is 0 Å². The van der Waals surface area contributed by atoms with Crippen LogP contribution in [0.4, 0.5) is 0 Å². The fourth-order valence-corrected chi connectivity index (χ4v) is 2.52. The maximum absolute atomic E-state index is 5.87. The van der Waals surface area contributed by atoms with Gasteiger partial charge in [0.2, 0.25) is 0 Å². The summed E-state index contributed by atoms with van der Waals surface area (Å²) in [5, 5.41) is 4.47. The van der Waals surface area contributed by atoms with Crippen molar-refractivity contribution >= 4 is 15.9 Å². The van der Waals surface area contributed by atoms with Gasteiger partial charge in [0.25, 0.3) is 0 Å². The maximum Gasteiger partial charge on any atom is 0.175 e. The van der Waals surface area contributed by atoms with E-state index in [1.165, 1.54) is 0 Å². The second-order valence-electron chi connectivity index (χ2n) is 4.38. The Bertz CT molecular complexity index is 623. The fraction of sp³-hybridized carbons (Fsp3) is 0.312. The fourth-order valence-electron chi connectivity index (χ4n) is 1.87. The van der Waals surface area contributed by atoms with Crippen LogP contribution >= 0.6 is 15.9 Å². The van der Waals surface area contributed by atoms with E-state index in [0.717, 1.165) is 34.6 Å². The van der Waals surface area contributed by atoms with Gasteiger partial charge in [-0.2, -0.15) is 5.10 Å². The first-order chi connectivity index (χ1) is 9.72. The van der Waals surface area contributed by atoms with E-state index in [0.29, 0.717) is 6.61 Å². The van der Waals surface area contributed by atoms with Crippen LogP contribution in [0.15, 0.2) is 34.9 Å². The van der Waals surface area contributed by atoms with Gasteiger partial charge in [-0.1, -0.05) is 30.3 Å². The van der Waals surface area contributed by atoms with Crippen LogP contribution in [0.1, 0.15) is 24.6 Å². The maximum atomic E-state index is 5.87. The molecule has 1 aromatic heterocycles. The largest absolute Gasteiger partial charge is 0.484 e. The molecule has 0 unspecified atom stereocenters. The molecule has 4 heteroatoms. The molecule has 0 amide bonds. The number of hydrogen-bond acceptors (Lipinski definition) is 2.